The number of halogens is 1. The molecule has 0 aromatic heterocycles. The van der Waals surface area contributed by atoms with Crippen molar-refractivity contribution in [2.24, 2.45) is 0 Å². The van der Waals surface area contributed by atoms with Crippen molar-refractivity contribution in [3.63, 3.8) is 0 Å². The van der Waals surface area contributed by atoms with Crippen LogP contribution in [0.5, 0.6) is 0 Å². The second-order valence-electron chi connectivity index (χ2n) is 0. The van der Waals surface area contributed by atoms with Gasteiger partial charge in [-0.1, -0.05) is 0 Å². The van der Waals surface area contributed by atoms with Gasteiger partial charge in [0.15, 0.2) is 0 Å². The summed E-state index contributed by atoms with van der Waals surface area (Å²) in [5.74, 6) is 0. The molecule has 0 aliphatic carbocycles. The smallest absolute Gasteiger partial charge is 1.00 e. The van der Waals surface area contributed by atoms with Crippen LogP contribution in [-0.2, 0) is 0 Å². The van der Waals surface area contributed by atoms with Crippen LogP contribution >= 0.6 is 12.4 Å². The molecular formula is H35BaClMgO15. The second kappa shape index (κ2) is 1500. The van der Waals surface area contributed by atoms with E-state index in [1.165, 1.54) is 0 Å². The Balaban J connectivity index is 0. The maximum absolute atomic E-state index is 0. The van der Waals surface area contributed by atoms with Crippen molar-refractivity contribution in [1.82, 2.24) is 0 Å². The maximum atomic E-state index is 0. The summed E-state index contributed by atoms with van der Waals surface area (Å²) in [6.07, 6.45) is 0. The van der Waals surface area contributed by atoms with E-state index in [-0.39, 0.29) is 172 Å². The molecule has 0 atom stereocenters. The molecule has 0 aliphatic rings. The molecule has 0 aliphatic heterocycles. The summed E-state index contributed by atoms with van der Waals surface area (Å²) in [6.45, 7) is 0. The molecule has 0 saturated carbocycles. The van der Waals surface area contributed by atoms with E-state index < -0.39 is 0 Å². The zero-order valence-electron chi connectivity index (χ0n) is 13.3. The van der Waals surface area contributed by atoms with Crippen LogP contribution in [0.2, 0.25) is 0 Å². The van der Waals surface area contributed by atoms with E-state index in [0.717, 1.165) is 0 Å². The minimum absolute atomic E-state index is 0. The summed E-state index contributed by atoms with van der Waals surface area (Å²) in [4.78, 5) is 0. The minimum atomic E-state index is 0. The monoisotopic (exact) mass is 472 g/mol. The summed E-state index contributed by atoms with van der Waals surface area (Å²) in [5.41, 5.74) is 0. The van der Waals surface area contributed by atoms with Crippen LogP contribution in [0.3, 0.4) is 0 Å². The fraction of sp³-hybridized carbons (Fsp3) is 0. The first-order valence-electron chi connectivity index (χ1n) is 0. The molecule has 0 aromatic carbocycles. The van der Waals surface area contributed by atoms with Gasteiger partial charge in [-0.05, 0) is 0 Å². The van der Waals surface area contributed by atoms with Crippen LogP contribution in [0.4, 0.5) is 0 Å². The third kappa shape index (κ3) is 1270. The van der Waals surface area contributed by atoms with Crippen molar-refractivity contribution in [2.75, 3.05) is 0 Å². The average molecular weight is 472 g/mol. The number of hydrogen-bond donors (Lipinski definition) is 0. The van der Waals surface area contributed by atoms with Crippen molar-refractivity contribution in [1.29, 1.82) is 0 Å². The van der Waals surface area contributed by atoms with Crippen LogP contribution in [0.15, 0.2) is 0 Å². The third-order valence-electron chi connectivity index (χ3n) is 0. The summed E-state index contributed by atoms with van der Waals surface area (Å²) in [5, 5.41) is 0. The molecule has 0 spiro atoms. The second-order valence-corrected chi connectivity index (χ2v) is 0. The van der Waals surface area contributed by atoms with Gasteiger partial charge in [-0.3, -0.25) is 0 Å². The fourth-order valence-corrected chi connectivity index (χ4v) is 0. The van der Waals surface area contributed by atoms with Crippen LogP contribution < -0.4 is 0 Å². The quantitative estimate of drug-likeness (QED) is 0.296. The van der Waals surface area contributed by atoms with Crippen molar-refractivity contribution >= 4 is 84.3 Å². The Kier molecular flexibility index (Phi) is 147000. The van der Waals surface area contributed by atoms with Gasteiger partial charge < -0.3 is 87.8 Å². The first kappa shape index (κ1) is 1760. The van der Waals surface area contributed by atoms with Crippen LogP contribution in [0, 0.1) is 0 Å². The van der Waals surface area contributed by atoms with E-state index in [1.54, 1.807) is 0 Å². The van der Waals surface area contributed by atoms with Gasteiger partial charge in [0.25, 0.3) is 0 Å². The van der Waals surface area contributed by atoms with Gasteiger partial charge >= 0.3 is 71.9 Å². The van der Waals surface area contributed by atoms with Gasteiger partial charge in [0, 0.05) is 0 Å². The molecule has 18 heteroatoms. The standard InChI is InChI=1S/Ba.ClH.Mg.15H2O.4H/h;1H;;15*1H2;;;;/q+2;;+2;;;;;;;;;;;;;;;;4*-1. The zero-order valence-corrected chi connectivity index (χ0v) is 16.0. The molecule has 18 heavy (non-hydrogen) atoms. The van der Waals surface area contributed by atoms with Gasteiger partial charge in [0.05, 0.1) is 0 Å². The molecule has 0 heterocycles. The predicted octanol–water partition coefficient (Wildman–Crippen LogP) is -12.3. The van der Waals surface area contributed by atoms with Crippen LogP contribution in [-0.4, -0.2) is 154 Å². The molecular weight excluding hydrogens is 437 g/mol. The molecule has 15 nitrogen and oxygen atoms in total. The van der Waals surface area contributed by atoms with Gasteiger partial charge in [-0.25, -0.2) is 0 Å². The fourth-order valence-electron chi connectivity index (χ4n) is 0. The van der Waals surface area contributed by atoms with Crippen molar-refractivity contribution < 1.29 is 87.8 Å². The van der Waals surface area contributed by atoms with Crippen LogP contribution in [0.1, 0.15) is 5.71 Å². The first-order valence-corrected chi connectivity index (χ1v) is 0. The van der Waals surface area contributed by atoms with E-state index in [2.05, 4.69) is 0 Å². The molecule has 0 fully saturated rings. The van der Waals surface area contributed by atoms with Gasteiger partial charge in [-0.15, -0.1) is 12.4 Å². The van der Waals surface area contributed by atoms with E-state index in [9.17, 15) is 0 Å². The molecule has 30 N–H and O–H groups in total. The third-order valence-corrected chi connectivity index (χ3v) is 0. The molecule has 0 radical (unpaired) electrons. The van der Waals surface area contributed by atoms with E-state index in [0.29, 0.717) is 0 Å². The van der Waals surface area contributed by atoms with Gasteiger partial charge in [-0.2, -0.15) is 0 Å². The topological polar surface area (TPSA) is 472 Å². The Morgan fingerprint density at radius 1 is 0.278 bits per heavy atom. The van der Waals surface area contributed by atoms with E-state index in [1.807, 2.05) is 0 Å². The van der Waals surface area contributed by atoms with Crippen molar-refractivity contribution in [3.05, 3.63) is 0 Å². The Labute approximate surface area is 171 Å². The SMILES string of the molecule is Cl.O.O.O.O.O.O.O.O.O.O.O.O.O.O.O.[Ba+2].[H-].[H-].[H-].[H-].[Mg+2]. The molecule has 136 valence electrons. The summed E-state index contributed by atoms with van der Waals surface area (Å²) >= 11 is 0. The number of rotatable bonds is 0. The summed E-state index contributed by atoms with van der Waals surface area (Å²) in [7, 11) is 0. The Hall–Kier alpha value is 2.03. The largest absolute Gasteiger partial charge is 2.00 e. The molecule has 0 rings (SSSR count). The number of hydrogen-bond acceptors (Lipinski definition) is 0. The molecule has 0 aromatic rings. The van der Waals surface area contributed by atoms with E-state index >= 15 is 0 Å². The summed E-state index contributed by atoms with van der Waals surface area (Å²) < 4.78 is 0. The molecule has 0 amide bonds. The summed E-state index contributed by atoms with van der Waals surface area (Å²) in [6, 6.07) is 0. The Morgan fingerprint density at radius 3 is 0.278 bits per heavy atom. The normalized spacial score (nSPS) is 0. The van der Waals surface area contributed by atoms with Crippen molar-refractivity contribution in [2.45, 2.75) is 0 Å². The molecule has 0 unspecified atom stereocenters. The van der Waals surface area contributed by atoms with Gasteiger partial charge in [0.2, 0.25) is 0 Å². The van der Waals surface area contributed by atoms with E-state index in [4.69, 9.17) is 0 Å². The average Bonchev–Trinajstić information content (AvgIpc) is 0. The van der Waals surface area contributed by atoms with Gasteiger partial charge in [0.1, 0.15) is 0 Å². The maximum Gasteiger partial charge on any atom is 2.00 e. The Bertz CT molecular complexity index is 31.5. The molecule has 0 saturated heterocycles. The zero-order chi connectivity index (χ0) is 0. The Morgan fingerprint density at radius 2 is 0.278 bits per heavy atom. The minimum Gasteiger partial charge on any atom is -1.00 e. The van der Waals surface area contributed by atoms with Crippen molar-refractivity contribution in [3.8, 4) is 0 Å². The molecule has 0 bridgehead atoms. The first-order chi connectivity index (χ1) is 0. The van der Waals surface area contributed by atoms with Crippen LogP contribution in [0.25, 0.3) is 0 Å². The predicted molar refractivity (Wildman–Crippen MR) is 77.4 cm³/mol.